The van der Waals surface area contributed by atoms with Crippen molar-refractivity contribution in [3.05, 3.63) is 59.4 Å². The van der Waals surface area contributed by atoms with E-state index in [2.05, 4.69) is 20.7 Å². The lowest BCUT2D eigenvalue weighted by Crippen LogP contribution is -2.17. The minimum absolute atomic E-state index is 0.309. The number of carbonyl (C=O) groups is 1. The molecule has 31 heavy (non-hydrogen) atoms. The van der Waals surface area contributed by atoms with E-state index in [1.165, 1.54) is 27.5 Å². The average Bonchev–Trinajstić information content (AvgIpc) is 3.21. The predicted molar refractivity (Wildman–Crippen MR) is 118 cm³/mol. The molecule has 0 unspecified atom stereocenters. The van der Waals surface area contributed by atoms with Crippen molar-refractivity contribution in [1.82, 2.24) is 20.2 Å². The number of methoxy groups -OCH3 is 3. The minimum atomic E-state index is -0.309. The van der Waals surface area contributed by atoms with Crippen LogP contribution in [0.25, 0.3) is 0 Å². The van der Waals surface area contributed by atoms with Gasteiger partial charge in [-0.1, -0.05) is 23.9 Å². The topological polar surface area (TPSA) is 99.9 Å². The Hall–Kier alpha value is -3.53. The number of hydrazone groups is 1. The number of hydrogen-bond donors (Lipinski definition) is 1. The molecular formula is C21H23N5O4S. The number of aromatic nitrogens is 3. The lowest BCUT2D eigenvalue weighted by molar-refractivity contribution is 0.0955. The first kappa shape index (κ1) is 22.2. The van der Waals surface area contributed by atoms with Gasteiger partial charge in [-0.3, -0.25) is 4.79 Å². The smallest absolute Gasteiger partial charge is 0.271 e. The lowest BCUT2D eigenvalue weighted by Gasteiger charge is -2.12. The Labute approximate surface area is 184 Å². The Balaban J connectivity index is 1.60. The molecule has 0 spiro atoms. The largest absolute Gasteiger partial charge is 0.493 e. The lowest BCUT2D eigenvalue weighted by atomic mass is 10.1. The highest BCUT2D eigenvalue weighted by Crippen LogP contribution is 2.37. The summed E-state index contributed by atoms with van der Waals surface area (Å²) in [5, 5.41) is 12.8. The Morgan fingerprint density at radius 3 is 2.35 bits per heavy atom. The highest BCUT2D eigenvalue weighted by atomic mass is 32.2. The summed E-state index contributed by atoms with van der Waals surface area (Å²) in [6.45, 7) is 0. The Morgan fingerprint density at radius 1 is 1.13 bits per heavy atom. The third-order valence-electron chi connectivity index (χ3n) is 4.32. The van der Waals surface area contributed by atoms with Crippen molar-refractivity contribution in [1.29, 1.82) is 0 Å². The molecule has 162 valence electrons. The van der Waals surface area contributed by atoms with Crippen LogP contribution in [-0.4, -0.2) is 48.2 Å². The molecule has 0 atom stereocenters. The number of amides is 1. The summed E-state index contributed by atoms with van der Waals surface area (Å²) in [5.74, 6) is 1.92. The summed E-state index contributed by atoms with van der Waals surface area (Å²) < 4.78 is 17.8. The second-order valence-electron chi connectivity index (χ2n) is 6.37. The molecule has 0 radical (unpaired) electrons. The first-order valence-corrected chi connectivity index (χ1v) is 10.2. The van der Waals surface area contributed by atoms with Gasteiger partial charge in [0.25, 0.3) is 5.91 Å². The number of nitrogens with one attached hydrogen (secondary N) is 1. The highest BCUT2D eigenvalue weighted by Gasteiger charge is 2.12. The standard InChI is InChI=1S/C21H23N5O4S/c1-26-13-23-25-21(26)31-12-14-5-7-16(8-6-14)20(27)24-22-11-15-9-17(28-2)19(30-4)18(10-15)29-3/h5-11,13H,12H2,1-4H3,(H,24,27)/b22-11+. The van der Waals surface area contributed by atoms with Crippen LogP contribution >= 0.6 is 11.8 Å². The monoisotopic (exact) mass is 441 g/mol. The van der Waals surface area contributed by atoms with Gasteiger partial charge in [0, 0.05) is 23.9 Å². The number of hydrogen-bond acceptors (Lipinski definition) is 8. The van der Waals surface area contributed by atoms with Crippen molar-refractivity contribution in [2.45, 2.75) is 10.9 Å². The molecule has 3 aromatic rings. The Bertz CT molecular complexity index is 1040. The van der Waals surface area contributed by atoms with Gasteiger partial charge in [0.15, 0.2) is 16.7 Å². The zero-order valence-corrected chi connectivity index (χ0v) is 18.5. The average molecular weight is 442 g/mol. The van der Waals surface area contributed by atoms with Gasteiger partial charge in [0.1, 0.15) is 6.33 Å². The molecule has 0 fully saturated rings. The summed E-state index contributed by atoms with van der Waals surface area (Å²) in [4.78, 5) is 12.4. The molecule has 0 aliphatic heterocycles. The van der Waals surface area contributed by atoms with Crippen LogP contribution in [0.1, 0.15) is 21.5 Å². The van der Waals surface area contributed by atoms with Crippen LogP contribution < -0.4 is 19.6 Å². The van der Waals surface area contributed by atoms with Crippen molar-refractivity contribution in [2.75, 3.05) is 21.3 Å². The van der Waals surface area contributed by atoms with Gasteiger partial charge >= 0.3 is 0 Å². The van der Waals surface area contributed by atoms with E-state index >= 15 is 0 Å². The molecule has 1 heterocycles. The predicted octanol–water partition coefficient (Wildman–Crippen LogP) is 2.90. The fourth-order valence-electron chi connectivity index (χ4n) is 2.71. The normalized spacial score (nSPS) is 10.8. The van der Waals surface area contributed by atoms with Crippen LogP contribution in [0.3, 0.4) is 0 Å². The molecule has 9 nitrogen and oxygen atoms in total. The van der Waals surface area contributed by atoms with Crippen LogP contribution in [0, 0.1) is 0 Å². The summed E-state index contributed by atoms with van der Waals surface area (Å²) in [6, 6.07) is 10.8. The highest BCUT2D eigenvalue weighted by molar-refractivity contribution is 7.98. The maximum Gasteiger partial charge on any atom is 0.271 e. The first-order chi connectivity index (χ1) is 15.0. The van der Waals surface area contributed by atoms with Crippen molar-refractivity contribution in [3.8, 4) is 17.2 Å². The maximum atomic E-state index is 12.4. The molecular weight excluding hydrogens is 418 g/mol. The molecule has 2 aromatic carbocycles. The molecule has 0 saturated carbocycles. The Kier molecular flexibility index (Phi) is 7.50. The fraction of sp³-hybridized carbons (Fsp3) is 0.238. The summed E-state index contributed by atoms with van der Waals surface area (Å²) in [7, 11) is 6.51. The van der Waals surface area contributed by atoms with E-state index in [1.807, 2.05) is 23.7 Å². The van der Waals surface area contributed by atoms with Crippen LogP contribution in [0.15, 0.2) is 53.0 Å². The minimum Gasteiger partial charge on any atom is -0.493 e. The fourth-order valence-corrected chi connectivity index (χ4v) is 3.55. The van der Waals surface area contributed by atoms with Gasteiger partial charge in [-0.05, 0) is 29.8 Å². The molecule has 0 saturated heterocycles. The van der Waals surface area contributed by atoms with Crippen molar-refractivity contribution < 1.29 is 19.0 Å². The summed E-state index contributed by atoms with van der Waals surface area (Å²) in [6.07, 6.45) is 3.17. The third-order valence-corrected chi connectivity index (χ3v) is 5.43. The van der Waals surface area contributed by atoms with E-state index in [1.54, 1.807) is 42.4 Å². The number of benzene rings is 2. The third kappa shape index (κ3) is 5.54. The van der Waals surface area contributed by atoms with Crippen molar-refractivity contribution in [3.63, 3.8) is 0 Å². The molecule has 3 rings (SSSR count). The van der Waals surface area contributed by atoms with Crippen LogP contribution in [0.5, 0.6) is 17.2 Å². The number of aryl methyl sites for hydroxylation is 1. The quantitative estimate of drug-likeness (QED) is 0.310. The Morgan fingerprint density at radius 2 is 1.81 bits per heavy atom. The van der Waals surface area contributed by atoms with Crippen molar-refractivity contribution >= 4 is 23.9 Å². The maximum absolute atomic E-state index is 12.4. The van der Waals surface area contributed by atoms with E-state index in [9.17, 15) is 4.79 Å². The van der Waals surface area contributed by atoms with Crippen LogP contribution in [-0.2, 0) is 12.8 Å². The molecule has 0 aliphatic rings. The molecule has 10 heteroatoms. The van der Waals surface area contributed by atoms with Gasteiger partial charge < -0.3 is 18.8 Å². The number of thioether (sulfide) groups is 1. The summed E-state index contributed by atoms with van der Waals surface area (Å²) >= 11 is 1.58. The molecule has 1 N–H and O–H groups in total. The van der Waals surface area contributed by atoms with Gasteiger partial charge in [-0.25, -0.2) is 5.43 Å². The van der Waals surface area contributed by atoms with Gasteiger partial charge in [0.05, 0.1) is 27.5 Å². The number of ether oxygens (including phenoxy) is 3. The second kappa shape index (κ2) is 10.5. The number of nitrogens with zero attached hydrogens (tertiary/aromatic N) is 4. The van der Waals surface area contributed by atoms with E-state index < -0.39 is 0 Å². The molecule has 0 bridgehead atoms. The first-order valence-electron chi connectivity index (χ1n) is 9.24. The zero-order valence-electron chi connectivity index (χ0n) is 17.7. The van der Waals surface area contributed by atoms with E-state index in [0.717, 1.165) is 16.5 Å². The van der Waals surface area contributed by atoms with Gasteiger partial charge in [-0.15, -0.1) is 10.2 Å². The van der Waals surface area contributed by atoms with E-state index in [4.69, 9.17) is 14.2 Å². The van der Waals surface area contributed by atoms with Gasteiger partial charge in [0.2, 0.25) is 5.75 Å². The van der Waals surface area contributed by atoms with E-state index in [-0.39, 0.29) is 5.91 Å². The van der Waals surface area contributed by atoms with Crippen LogP contribution in [0.4, 0.5) is 0 Å². The molecule has 1 aromatic heterocycles. The van der Waals surface area contributed by atoms with E-state index in [0.29, 0.717) is 28.4 Å². The second-order valence-corrected chi connectivity index (χ2v) is 7.31. The number of carbonyl (C=O) groups excluding carboxylic acids is 1. The SMILES string of the molecule is COc1cc(/C=N/NC(=O)c2ccc(CSc3nncn3C)cc2)cc(OC)c1OC. The van der Waals surface area contributed by atoms with Gasteiger partial charge in [-0.2, -0.15) is 5.10 Å². The molecule has 1 amide bonds. The summed E-state index contributed by atoms with van der Waals surface area (Å²) in [5.41, 5.74) is 4.79. The zero-order chi connectivity index (χ0) is 22.2. The van der Waals surface area contributed by atoms with Crippen molar-refractivity contribution in [2.24, 2.45) is 12.1 Å². The molecule has 0 aliphatic carbocycles. The van der Waals surface area contributed by atoms with Crippen LogP contribution in [0.2, 0.25) is 0 Å². The number of rotatable bonds is 9.